The Morgan fingerprint density at radius 1 is 1.09 bits per heavy atom. The molecule has 0 radical (unpaired) electrons. The highest BCUT2D eigenvalue weighted by atomic mass is 16.5. The standard InChI is InChI=1S/C29H44O3/c1-16(2)22-21-12-11-17(3)19-15-27(5,6)20(19)13-14-29(21,9)32-26-23(22)24(30)18(4)25(31-10)28(26,7)8/h16,19-22H,3,11-15H2,1-2,4-10H3. The second-order valence-electron chi connectivity index (χ2n) is 12.8. The lowest BCUT2D eigenvalue weighted by atomic mass is 9.52. The number of rotatable bonds is 2. The number of ketones is 1. The first-order valence-corrected chi connectivity index (χ1v) is 12.7. The van der Waals surface area contributed by atoms with Crippen molar-refractivity contribution in [2.75, 3.05) is 7.11 Å². The third-order valence-corrected chi connectivity index (χ3v) is 9.60. The Bertz CT molecular complexity index is 899. The van der Waals surface area contributed by atoms with Gasteiger partial charge in [-0.15, -0.1) is 0 Å². The molecule has 5 atom stereocenters. The van der Waals surface area contributed by atoms with Crippen LogP contribution in [-0.4, -0.2) is 18.5 Å². The number of methoxy groups -OCH3 is 1. The first kappa shape index (κ1) is 23.6. The van der Waals surface area contributed by atoms with E-state index in [1.165, 1.54) is 12.0 Å². The maximum atomic E-state index is 13.7. The Labute approximate surface area is 195 Å². The maximum absolute atomic E-state index is 13.7. The van der Waals surface area contributed by atoms with Crippen LogP contribution >= 0.6 is 0 Å². The highest BCUT2D eigenvalue weighted by molar-refractivity contribution is 6.10. The van der Waals surface area contributed by atoms with Gasteiger partial charge in [-0.1, -0.05) is 39.8 Å². The first-order valence-electron chi connectivity index (χ1n) is 12.7. The normalized spacial score (nSPS) is 38.6. The fourth-order valence-corrected chi connectivity index (χ4v) is 7.85. The van der Waals surface area contributed by atoms with Gasteiger partial charge in [-0.3, -0.25) is 4.79 Å². The van der Waals surface area contributed by atoms with E-state index in [1.54, 1.807) is 7.11 Å². The van der Waals surface area contributed by atoms with Crippen LogP contribution in [0.3, 0.4) is 0 Å². The van der Waals surface area contributed by atoms with Crippen molar-refractivity contribution in [2.45, 2.75) is 93.1 Å². The van der Waals surface area contributed by atoms with E-state index in [0.717, 1.165) is 48.3 Å². The third-order valence-electron chi connectivity index (χ3n) is 9.60. The van der Waals surface area contributed by atoms with Crippen LogP contribution in [0.4, 0.5) is 0 Å². The van der Waals surface area contributed by atoms with Crippen molar-refractivity contribution < 1.29 is 14.3 Å². The molecule has 5 unspecified atom stereocenters. The first-order chi connectivity index (χ1) is 14.8. The number of fused-ring (bicyclic) bond motifs is 2. The van der Waals surface area contributed by atoms with Crippen LogP contribution in [0, 0.1) is 40.4 Å². The predicted molar refractivity (Wildman–Crippen MR) is 130 cm³/mol. The molecule has 178 valence electrons. The lowest BCUT2D eigenvalue weighted by Gasteiger charge is -2.55. The minimum Gasteiger partial charge on any atom is -0.500 e. The molecule has 32 heavy (non-hydrogen) atoms. The van der Waals surface area contributed by atoms with Crippen molar-refractivity contribution >= 4 is 5.78 Å². The van der Waals surface area contributed by atoms with E-state index in [2.05, 4.69) is 55.0 Å². The Morgan fingerprint density at radius 2 is 1.75 bits per heavy atom. The van der Waals surface area contributed by atoms with Gasteiger partial charge in [0.2, 0.25) is 0 Å². The number of ether oxygens (including phenoxy) is 2. The molecule has 0 spiro atoms. The van der Waals surface area contributed by atoms with Crippen molar-refractivity contribution in [3.05, 3.63) is 34.8 Å². The van der Waals surface area contributed by atoms with Gasteiger partial charge >= 0.3 is 0 Å². The fraction of sp³-hybridized carbons (Fsp3) is 0.759. The lowest BCUT2D eigenvalue weighted by molar-refractivity contribution is -0.129. The number of carbonyl (C=O) groups excluding carboxylic acids is 1. The van der Waals surface area contributed by atoms with E-state index in [9.17, 15) is 4.79 Å². The number of carbonyl (C=O) groups is 1. The van der Waals surface area contributed by atoms with E-state index in [1.807, 2.05) is 6.92 Å². The molecule has 1 aliphatic heterocycles. The van der Waals surface area contributed by atoms with Crippen molar-refractivity contribution in [1.29, 1.82) is 0 Å². The number of Topliss-reactive ketones (excluding diaryl/α,β-unsaturated/α-hetero) is 1. The molecule has 2 saturated carbocycles. The van der Waals surface area contributed by atoms with Gasteiger partial charge in [0.25, 0.3) is 0 Å². The molecular weight excluding hydrogens is 396 g/mol. The number of allylic oxidation sites excluding steroid dienone is 3. The highest BCUT2D eigenvalue weighted by Crippen LogP contribution is 2.61. The van der Waals surface area contributed by atoms with E-state index >= 15 is 0 Å². The summed E-state index contributed by atoms with van der Waals surface area (Å²) in [5, 5.41) is 0. The molecule has 0 aromatic heterocycles. The van der Waals surface area contributed by atoms with Gasteiger partial charge in [0.15, 0.2) is 5.78 Å². The molecule has 1 heterocycles. The molecule has 0 N–H and O–H groups in total. The molecule has 3 heteroatoms. The predicted octanol–water partition coefficient (Wildman–Crippen LogP) is 7.24. The molecule has 0 amide bonds. The Balaban J connectivity index is 1.82. The molecule has 2 fully saturated rings. The summed E-state index contributed by atoms with van der Waals surface area (Å²) in [7, 11) is 1.68. The van der Waals surface area contributed by atoms with Crippen LogP contribution in [0.1, 0.15) is 87.5 Å². The summed E-state index contributed by atoms with van der Waals surface area (Å²) < 4.78 is 12.8. The van der Waals surface area contributed by atoms with Crippen molar-refractivity contribution in [2.24, 2.45) is 40.4 Å². The minimum atomic E-state index is -0.441. The molecule has 0 aromatic carbocycles. The van der Waals surface area contributed by atoms with Crippen LogP contribution in [0.2, 0.25) is 0 Å². The summed E-state index contributed by atoms with van der Waals surface area (Å²) in [5.41, 5.74) is 2.73. The maximum Gasteiger partial charge on any atom is 0.191 e. The van der Waals surface area contributed by atoms with Gasteiger partial charge in [0, 0.05) is 23.0 Å². The molecule has 0 saturated heterocycles. The molecule has 0 aromatic rings. The summed E-state index contributed by atoms with van der Waals surface area (Å²) in [6, 6.07) is 0. The summed E-state index contributed by atoms with van der Waals surface area (Å²) in [5.74, 6) is 3.95. The Kier molecular flexibility index (Phi) is 5.54. The largest absolute Gasteiger partial charge is 0.500 e. The summed E-state index contributed by atoms with van der Waals surface area (Å²) >= 11 is 0. The quantitative estimate of drug-likeness (QED) is 0.425. The SMILES string of the molecule is C=C1CCC2C(C(C)C)C3=C(OC2(C)CCC2C1CC2(C)C)C(C)(C)C(OC)=C(C)C3=O. The van der Waals surface area contributed by atoms with Gasteiger partial charge < -0.3 is 9.47 Å². The Hall–Kier alpha value is -1.51. The Morgan fingerprint density at radius 3 is 2.31 bits per heavy atom. The third kappa shape index (κ3) is 3.24. The number of hydrogen-bond acceptors (Lipinski definition) is 3. The smallest absolute Gasteiger partial charge is 0.191 e. The minimum absolute atomic E-state index is 0.122. The van der Waals surface area contributed by atoms with Gasteiger partial charge in [-0.25, -0.2) is 0 Å². The monoisotopic (exact) mass is 440 g/mol. The molecule has 4 rings (SSSR count). The highest BCUT2D eigenvalue weighted by Gasteiger charge is 2.57. The van der Waals surface area contributed by atoms with Crippen molar-refractivity contribution in [3.8, 4) is 0 Å². The van der Waals surface area contributed by atoms with E-state index in [4.69, 9.17) is 9.47 Å². The second kappa shape index (κ2) is 7.50. The van der Waals surface area contributed by atoms with Crippen LogP contribution in [0.5, 0.6) is 0 Å². The van der Waals surface area contributed by atoms with Crippen LogP contribution in [0.25, 0.3) is 0 Å². The zero-order valence-electron chi connectivity index (χ0n) is 21.9. The van der Waals surface area contributed by atoms with Crippen molar-refractivity contribution in [1.82, 2.24) is 0 Å². The van der Waals surface area contributed by atoms with Gasteiger partial charge in [-0.05, 0) is 83.0 Å². The zero-order valence-corrected chi connectivity index (χ0v) is 21.9. The molecule has 3 nitrogen and oxygen atoms in total. The number of hydrogen-bond donors (Lipinski definition) is 0. The molecular formula is C29H44O3. The summed E-state index contributed by atoms with van der Waals surface area (Å²) in [6.07, 6.45) is 5.55. The van der Waals surface area contributed by atoms with Crippen LogP contribution < -0.4 is 0 Å². The van der Waals surface area contributed by atoms with Crippen LogP contribution in [-0.2, 0) is 14.3 Å². The molecule has 4 aliphatic rings. The van der Waals surface area contributed by atoms with Gasteiger partial charge in [0.05, 0.1) is 12.5 Å². The second-order valence-corrected chi connectivity index (χ2v) is 12.8. The molecule has 3 aliphatic carbocycles. The van der Waals surface area contributed by atoms with Crippen molar-refractivity contribution in [3.63, 3.8) is 0 Å². The van der Waals surface area contributed by atoms with Gasteiger partial charge in [-0.2, -0.15) is 0 Å². The summed E-state index contributed by atoms with van der Waals surface area (Å²) in [4.78, 5) is 13.7. The van der Waals surface area contributed by atoms with E-state index in [0.29, 0.717) is 29.1 Å². The van der Waals surface area contributed by atoms with Gasteiger partial charge in [0.1, 0.15) is 17.1 Å². The summed E-state index contributed by atoms with van der Waals surface area (Å²) in [6.45, 7) is 22.5. The average Bonchev–Trinajstić information content (AvgIpc) is 2.72. The van der Waals surface area contributed by atoms with Crippen LogP contribution in [0.15, 0.2) is 34.8 Å². The lowest BCUT2D eigenvalue weighted by Crippen LogP contribution is -2.52. The van der Waals surface area contributed by atoms with E-state index in [-0.39, 0.29) is 17.3 Å². The zero-order chi connectivity index (χ0) is 23.8. The van der Waals surface area contributed by atoms with E-state index < -0.39 is 5.41 Å². The topological polar surface area (TPSA) is 35.5 Å². The average molecular weight is 441 g/mol. The molecule has 0 bridgehead atoms. The fourth-order valence-electron chi connectivity index (χ4n) is 7.85.